The molecule has 0 aromatic heterocycles. The molecule has 2 atom stereocenters. The normalized spacial score (nSPS) is 25.9. The lowest BCUT2D eigenvalue weighted by Crippen LogP contribution is -2.53. The number of anilines is 1. The number of benzene rings is 2. The molecule has 2 aromatic rings. The van der Waals surface area contributed by atoms with Gasteiger partial charge in [0.25, 0.3) is 5.91 Å². The number of rotatable bonds is 4. The van der Waals surface area contributed by atoms with Crippen LogP contribution < -0.4 is 4.90 Å². The smallest absolute Gasteiger partial charge is 0.254 e. The highest BCUT2D eigenvalue weighted by Crippen LogP contribution is 2.63. The molecule has 2 unspecified atom stereocenters. The number of hydroxylamine groups is 2. The Labute approximate surface area is 161 Å². The molecule has 0 spiro atoms. The van der Waals surface area contributed by atoms with E-state index in [9.17, 15) is 4.79 Å². The summed E-state index contributed by atoms with van der Waals surface area (Å²) in [6.45, 7) is 8.98. The van der Waals surface area contributed by atoms with Crippen molar-refractivity contribution in [2.75, 3.05) is 11.9 Å². The fourth-order valence-electron chi connectivity index (χ4n) is 5.45. The highest BCUT2D eigenvalue weighted by atomic mass is 16.7. The molecule has 1 saturated heterocycles. The number of amides is 1. The predicted octanol–water partition coefficient (Wildman–Crippen LogP) is 4.36. The van der Waals surface area contributed by atoms with Gasteiger partial charge in [-0.2, -0.15) is 5.06 Å². The Balaban J connectivity index is 1.80. The van der Waals surface area contributed by atoms with E-state index < -0.39 is 5.41 Å². The zero-order chi connectivity index (χ0) is 19.4. The Bertz CT molecular complexity index is 862. The van der Waals surface area contributed by atoms with Crippen molar-refractivity contribution in [1.29, 1.82) is 0 Å². The summed E-state index contributed by atoms with van der Waals surface area (Å²) in [7, 11) is 2.07. The largest absolute Gasteiger partial charge is 0.351 e. The lowest BCUT2D eigenvalue weighted by Gasteiger charge is -2.43. The summed E-state index contributed by atoms with van der Waals surface area (Å²) in [5.74, 6) is 0.330. The molecule has 2 aliphatic heterocycles. The van der Waals surface area contributed by atoms with Gasteiger partial charge >= 0.3 is 0 Å². The van der Waals surface area contributed by atoms with Crippen LogP contribution in [0.2, 0.25) is 0 Å². The molecule has 4 heteroatoms. The lowest BCUT2D eigenvalue weighted by molar-refractivity contribution is -0.198. The molecule has 0 aliphatic carbocycles. The zero-order valence-corrected chi connectivity index (χ0v) is 16.8. The number of likely N-dealkylation sites (N-methyl/N-ethyl adjacent to an activating group) is 1. The molecule has 0 N–H and O–H groups in total. The molecule has 0 bridgehead atoms. The van der Waals surface area contributed by atoms with Gasteiger partial charge in [-0.1, -0.05) is 62.4 Å². The van der Waals surface area contributed by atoms with E-state index in [0.717, 1.165) is 5.56 Å². The Morgan fingerprint density at radius 3 is 2.33 bits per heavy atom. The molecule has 0 radical (unpaired) electrons. The number of hydrogen-bond donors (Lipinski definition) is 0. The Morgan fingerprint density at radius 2 is 1.67 bits per heavy atom. The number of carbonyl (C=O) groups is 1. The molecule has 0 saturated carbocycles. The number of carbonyl (C=O) groups excluding carboxylic acids is 1. The van der Waals surface area contributed by atoms with Gasteiger partial charge in [0.2, 0.25) is 0 Å². The third-order valence-electron chi connectivity index (χ3n) is 6.62. The van der Waals surface area contributed by atoms with Crippen LogP contribution in [0, 0.1) is 11.3 Å². The average Bonchev–Trinajstić information content (AvgIpc) is 3.02. The molecule has 4 nitrogen and oxygen atoms in total. The van der Waals surface area contributed by atoms with Crippen LogP contribution in [0.4, 0.5) is 5.69 Å². The second-order valence-electron chi connectivity index (χ2n) is 8.54. The van der Waals surface area contributed by atoms with Crippen LogP contribution in [0.15, 0.2) is 54.6 Å². The first-order valence-corrected chi connectivity index (χ1v) is 9.66. The Morgan fingerprint density at radius 1 is 1.04 bits per heavy atom. The highest BCUT2D eigenvalue weighted by molar-refractivity contribution is 5.90. The maximum Gasteiger partial charge on any atom is 0.254 e. The minimum atomic E-state index is -0.566. The van der Waals surface area contributed by atoms with Gasteiger partial charge in [0.15, 0.2) is 0 Å². The first kappa shape index (κ1) is 18.1. The van der Waals surface area contributed by atoms with Crippen LogP contribution in [0.1, 0.15) is 38.8 Å². The number of para-hydroxylation sites is 1. The van der Waals surface area contributed by atoms with Gasteiger partial charge in [-0.3, -0.25) is 9.63 Å². The van der Waals surface area contributed by atoms with Gasteiger partial charge in [0.1, 0.15) is 12.8 Å². The molecule has 2 aromatic carbocycles. The van der Waals surface area contributed by atoms with Crippen molar-refractivity contribution in [3.05, 3.63) is 65.7 Å². The fourth-order valence-corrected chi connectivity index (χ4v) is 5.45. The number of nitrogens with zero attached hydrogens (tertiary/aromatic N) is 2. The van der Waals surface area contributed by atoms with E-state index in [2.05, 4.69) is 63.9 Å². The van der Waals surface area contributed by atoms with E-state index in [0.29, 0.717) is 6.61 Å². The van der Waals surface area contributed by atoms with E-state index in [1.54, 1.807) is 5.06 Å². The van der Waals surface area contributed by atoms with Gasteiger partial charge in [-0.25, -0.2) is 0 Å². The minimum absolute atomic E-state index is 0.0542. The standard InChI is InChI=1S/C23H28N2O2/c1-16(2)23-18-13-9-10-14-19(18)24(5)20(23)25(21(26)22(23,3)4)27-15-17-11-7-6-8-12-17/h6-14,16,20H,15H2,1-5H3. The molecule has 2 aliphatic rings. The summed E-state index contributed by atoms with van der Waals surface area (Å²) in [5.41, 5.74) is 2.60. The molecule has 2 heterocycles. The maximum absolute atomic E-state index is 13.5. The van der Waals surface area contributed by atoms with Crippen LogP contribution in [-0.2, 0) is 21.7 Å². The summed E-state index contributed by atoms with van der Waals surface area (Å²) in [5, 5.41) is 1.65. The van der Waals surface area contributed by atoms with Crippen LogP contribution in [-0.4, -0.2) is 24.2 Å². The van der Waals surface area contributed by atoms with E-state index in [1.165, 1.54) is 11.3 Å². The van der Waals surface area contributed by atoms with Crippen LogP contribution in [0.5, 0.6) is 0 Å². The molecule has 1 amide bonds. The van der Waals surface area contributed by atoms with Crippen LogP contribution >= 0.6 is 0 Å². The van der Waals surface area contributed by atoms with Crippen molar-refractivity contribution in [3.8, 4) is 0 Å². The molecule has 142 valence electrons. The minimum Gasteiger partial charge on any atom is -0.351 e. The van der Waals surface area contributed by atoms with Gasteiger partial charge in [-0.15, -0.1) is 0 Å². The number of hydrogen-bond acceptors (Lipinski definition) is 3. The summed E-state index contributed by atoms with van der Waals surface area (Å²) >= 11 is 0. The van der Waals surface area contributed by atoms with Crippen molar-refractivity contribution in [1.82, 2.24) is 5.06 Å². The van der Waals surface area contributed by atoms with E-state index in [4.69, 9.17) is 4.84 Å². The quantitative estimate of drug-likeness (QED) is 0.808. The van der Waals surface area contributed by atoms with E-state index >= 15 is 0 Å². The van der Waals surface area contributed by atoms with Gasteiger partial charge < -0.3 is 4.90 Å². The molecule has 4 rings (SSSR count). The zero-order valence-electron chi connectivity index (χ0n) is 16.8. The van der Waals surface area contributed by atoms with Crippen LogP contribution in [0.25, 0.3) is 0 Å². The first-order valence-electron chi connectivity index (χ1n) is 9.66. The van der Waals surface area contributed by atoms with Gasteiger partial charge in [0.05, 0.1) is 10.8 Å². The SMILES string of the molecule is CC(C)C12c3ccccc3N(C)C1N(OCc1ccccc1)C(=O)C2(C)C. The molecular weight excluding hydrogens is 336 g/mol. The van der Waals surface area contributed by atoms with Gasteiger partial charge in [-0.05, 0) is 37.0 Å². The molecule has 27 heavy (non-hydrogen) atoms. The van der Waals surface area contributed by atoms with Crippen molar-refractivity contribution in [2.45, 2.75) is 45.9 Å². The van der Waals surface area contributed by atoms with E-state index in [-0.39, 0.29) is 23.4 Å². The summed E-state index contributed by atoms with van der Waals surface area (Å²) in [6.07, 6.45) is -0.152. The summed E-state index contributed by atoms with van der Waals surface area (Å²) in [4.78, 5) is 21.9. The fraction of sp³-hybridized carbons (Fsp3) is 0.435. The lowest BCUT2D eigenvalue weighted by atomic mass is 9.58. The second kappa shape index (κ2) is 6.10. The van der Waals surface area contributed by atoms with Crippen molar-refractivity contribution >= 4 is 11.6 Å². The number of fused-ring (bicyclic) bond motifs is 3. The first-order chi connectivity index (χ1) is 12.8. The Hall–Kier alpha value is -2.33. The highest BCUT2D eigenvalue weighted by Gasteiger charge is 2.71. The van der Waals surface area contributed by atoms with E-state index in [1.807, 2.05) is 30.3 Å². The van der Waals surface area contributed by atoms with Crippen molar-refractivity contribution < 1.29 is 9.63 Å². The van der Waals surface area contributed by atoms with Crippen molar-refractivity contribution in [3.63, 3.8) is 0 Å². The molecular formula is C23H28N2O2. The predicted molar refractivity (Wildman–Crippen MR) is 107 cm³/mol. The third kappa shape index (κ3) is 2.23. The maximum atomic E-state index is 13.5. The summed E-state index contributed by atoms with van der Waals surface area (Å²) in [6, 6.07) is 18.5. The van der Waals surface area contributed by atoms with Crippen molar-refractivity contribution in [2.24, 2.45) is 11.3 Å². The average molecular weight is 364 g/mol. The molecule has 1 fully saturated rings. The summed E-state index contributed by atoms with van der Waals surface area (Å²) < 4.78 is 0. The topological polar surface area (TPSA) is 32.8 Å². The second-order valence-corrected chi connectivity index (χ2v) is 8.54. The van der Waals surface area contributed by atoms with Crippen LogP contribution in [0.3, 0.4) is 0 Å². The Kier molecular flexibility index (Phi) is 4.08. The monoisotopic (exact) mass is 364 g/mol. The van der Waals surface area contributed by atoms with Gasteiger partial charge in [0, 0.05) is 12.7 Å². The third-order valence-corrected chi connectivity index (χ3v) is 6.62.